The maximum absolute atomic E-state index is 5.38. The van der Waals surface area contributed by atoms with Crippen LogP contribution in [0.1, 0.15) is 35.3 Å². The molecule has 1 N–H and O–H groups in total. The quantitative estimate of drug-likeness (QED) is 0.908. The molecule has 2 rings (SSSR count). The molecule has 2 aromatic rings. The molecule has 1 aromatic carbocycles. The Balaban J connectivity index is 2.47. The largest absolute Gasteiger partial charge is 0.496 e. The summed E-state index contributed by atoms with van der Waals surface area (Å²) in [6.45, 7) is 7.13. The van der Waals surface area contributed by atoms with Gasteiger partial charge in [0.2, 0.25) is 0 Å². The lowest BCUT2D eigenvalue weighted by Crippen LogP contribution is -2.24. The molecule has 0 aliphatic heterocycles. The number of aryl methyl sites for hydroxylation is 2. The first-order chi connectivity index (χ1) is 9.67. The van der Waals surface area contributed by atoms with Crippen LogP contribution in [0.3, 0.4) is 0 Å². The lowest BCUT2D eigenvalue weighted by molar-refractivity contribution is 0.411. The first-order valence-electron chi connectivity index (χ1n) is 6.81. The smallest absolute Gasteiger partial charge is 0.122 e. The third-order valence-electron chi connectivity index (χ3n) is 3.40. The van der Waals surface area contributed by atoms with Crippen LogP contribution in [0, 0.1) is 13.8 Å². The van der Waals surface area contributed by atoms with Crippen molar-refractivity contribution in [2.45, 2.75) is 26.8 Å². The third kappa shape index (κ3) is 2.96. The maximum Gasteiger partial charge on any atom is 0.122 e. The van der Waals surface area contributed by atoms with Crippen LogP contribution in [0.5, 0.6) is 5.75 Å². The number of ether oxygens (including phenoxy) is 1. The molecule has 4 heteroatoms. The summed E-state index contributed by atoms with van der Waals surface area (Å²) in [5.74, 6) is 0.921. The molecule has 0 saturated carbocycles. The van der Waals surface area contributed by atoms with Crippen LogP contribution in [-0.4, -0.2) is 23.6 Å². The first kappa shape index (κ1) is 14.5. The van der Waals surface area contributed by atoms with Gasteiger partial charge in [0.15, 0.2) is 0 Å². The van der Waals surface area contributed by atoms with E-state index >= 15 is 0 Å². The van der Waals surface area contributed by atoms with Crippen molar-refractivity contribution in [3.8, 4) is 5.75 Å². The van der Waals surface area contributed by atoms with Crippen LogP contribution in [0.15, 0.2) is 30.7 Å². The van der Waals surface area contributed by atoms with Gasteiger partial charge < -0.3 is 10.1 Å². The minimum atomic E-state index is 0.0765. The minimum Gasteiger partial charge on any atom is -0.496 e. The van der Waals surface area contributed by atoms with Gasteiger partial charge in [0, 0.05) is 6.20 Å². The number of hydrogen-bond donors (Lipinski definition) is 1. The molecule has 0 radical (unpaired) electrons. The van der Waals surface area contributed by atoms with Crippen molar-refractivity contribution in [1.29, 1.82) is 0 Å². The van der Waals surface area contributed by atoms with Crippen molar-refractivity contribution in [3.05, 3.63) is 53.1 Å². The van der Waals surface area contributed by atoms with Crippen molar-refractivity contribution in [2.24, 2.45) is 0 Å². The van der Waals surface area contributed by atoms with E-state index < -0.39 is 0 Å². The van der Waals surface area contributed by atoms with Crippen molar-refractivity contribution in [2.75, 3.05) is 13.7 Å². The first-order valence-corrected chi connectivity index (χ1v) is 6.81. The zero-order chi connectivity index (χ0) is 14.5. The van der Waals surface area contributed by atoms with E-state index in [4.69, 9.17) is 4.74 Å². The van der Waals surface area contributed by atoms with Gasteiger partial charge in [0.05, 0.1) is 18.8 Å². The van der Waals surface area contributed by atoms with Gasteiger partial charge in [0.25, 0.3) is 0 Å². The Hall–Kier alpha value is -1.94. The summed E-state index contributed by atoms with van der Waals surface area (Å²) in [6, 6.07) is 6.28. The normalized spacial score (nSPS) is 12.2. The Kier molecular flexibility index (Phi) is 4.69. The molecule has 4 nitrogen and oxygen atoms in total. The number of aromatic nitrogens is 2. The van der Waals surface area contributed by atoms with Crippen LogP contribution < -0.4 is 10.1 Å². The number of nitrogens with zero attached hydrogens (tertiary/aromatic N) is 2. The third-order valence-corrected chi connectivity index (χ3v) is 3.40. The number of methoxy groups -OCH3 is 1. The molecule has 20 heavy (non-hydrogen) atoms. The zero-order valence-electron chi connectivity index (χ0n) is 12.5. The minimum absolute atomic E-state index is 0.0765. The molecule has 106 valence electrons. The highest BCUT2D eigenvalue weighted by Gasteiger charge is 2.17. The monoisotopic (exact) mass is 271 g/mol. The zero-order valence-corrected chi connectivity index (χ0v) is 12.5. The molecule has 1 aromatic heterocycles. The van der Waals surface area contributed by atoms with Gasteiger partial charge in [-0.05, 0) is 49.2 Å². The van der Waals surface area contributed by atoms with Gasteiger partial charge in [-0.3, -0.25) is 0 Å². The molecular formula is C16H21N3O. The Bertz CT molecular complexity index is 569. The number of benzene rings is 1. The van der Waals surface area contributed by atoms with E-state index in [0.29, 0.717) is 0 Å². The summed E-state index contributed by atoms with van der Waals surface area (Å²) in [7, 11) is 1.70. The van der Waals surface area contributed by atoms with Gasteiger partial charge in [-0.2, -0.15) is 0 Å². The molecule has 0 fully saturated rings. The summed E-state index contributed by atoms with van der Waals surface area (Å²) < 4.78 is 5.38. The fourth-order valence-electron chi connectivity index (χ4n) is 2.39. The molecule has 1 atom stereocenters. The average molecular weight is 271 g/mol. The molecule has 0 amide bonds. The lowest BCUT2D eigenvalue weighted by Gasteiger charge is -2.21. The molecule has 0 aliphatic rings. The van der Waals surface area contributed by atoms with Crippen molar-refractivity contribution in [3.63, 3.8) is 0 Å². The highest BCUT2D eigenvalue weighted by atomic mass is 16.5. The van der Waals surface area contributed by atoms with E-state index in [0.717, 1.165) is 23.6 Å². The second-order valence-corrected chi connectivity index (χ2v) is 4.80. The summed E-state index contributed by atoms with van der Waals surface area (Å²) in [4.78, 5) is 8.37. The summed E-state index contributed by atoms with van der Waals surface area (Å²) in [5, 5.41) is 3.49. The van der Waals surface area contributed by atoms with Crippen molar-refractivity contribution in [1.82, 2.24) is 15.3 Å². The van der Waals surface area contributed by atoms with Gasteiger partial charge >= 0.3 is 0 Å². The predicted octanol–water partition coefficient (Wildman–Crippen LogP) is 2.80. The number of rotatable bonds is 5. The van der Waals surface area contributed by atoms with Crippen LogP contribution in [0.4, 0.5) is 0 Å². The number of hydrogen-bond acceptors (Lipinski definition) is 4. The van der Waals surface area contributed by atoms with E-state index in [2.05, 4.69) is 48.2 Å². The number of nitrogens with one attached hydrogen (secondary N) is 1. The molecule has 1 heterocycles. The molecule has 0 spiro atoms. The Morgan fingerprint density at radius 3 is 2.65 bits per heavy atom. The van der Waals surface area contributed by atoms with Crippen LogP contribution in [-0.2, 0) is 0 Å². The van der Waals surface area contributed by atoms with Gasteiger partial charge in [-0.15, -0.1) is 0 Å². The molecule has 1 unspecified atom stereocenters. The summed E-state index contributed by atoms with van der Waals surface area (Å²) in [5.41, 5.74) is 4.53. The summed E-state index contributed by atoms with van der Waals surface area (Å²) in [6.07, 6.45) is 3.36. The molecule has 0 aliphatic carbocycles. The molecule has 0 saturated heterocycles. The molecular weight excluding hydrogens is 250 g/mol. The summed E-state index contributed by atoms with van der Waals surface area (Å²) >= 11 is 0. The van der Waals surface area contributed by atoms with E-state index in [1.54, 1.807) is 19.6 Å². The fourth-order valence-corrected chi connectivity index (χ4v) is 2.39. The highest BCUT2D eigenvalue weighted by molar-refractivity contribution is 5.44. The highest BCUT2D eigenvalue weighted by Crippen LogP contribution is 2.29. The van der Waals surface area contributed by atoms with Crippen LogP contribution in [0.2, 0.25) is 0 Å². The van der Waals surface area contributed by atoms with Gasteiger partial charge in [0.1, 0.15) is 12.1 Å². The van der Waals surface area contributed by atoms with Crippen LogP contribution >= 0.6 is 0 Å². The Morgan fingerprint density at radius 2 is 2.05 bits per heavy atom. The van der Waals surface area contributed by atoms with Gasteiger partial charge in [-0.25, -0.2) is 9.97 Å². The van der Waals surface area contributed by atoms with Crippen molar-refractivity contribution < 1.29 is 4.74 Å². The van der Waals surface area contributed by atoms with E-state index in [1.165, 1.54) is 11.1 Å². The Morgan fingerprint density at radius 1 is 1.25 bits per heavy atom. The standard InChI is InChI=1S/C16H21N3O/c1-5-18-16(14-6-7-17-10-19-14)13-8-12(3)15(20-4)9-11(13)2/h6-10,16,18H,5H2,1-4H3. The topological polar surface area (TPSA) is 47.0 Å². The predicted molar refractivity (Wildman–Crippen MR) is 80.0 cm³/mol. The van der Waals surface area contributed by atoms with E-state index in [-0.39, 0.29) is 6.04 Å². The second kappa shape index (κ2) is 6.48. The van der Waals surface area contributed by atoms with Crippen molar-refractivity contribution >= 4 is 0 Å². The SMILES string of the molecule is CCNC(c1ccncn1)c1cc(C)c(OC)cc1C. The van der Waals surface area contributed by atoms with Crippen LogP contribution in [0.25, 0.3) is 0 Å². The second-order valence-electron chi connectivity index (χ2n) is 4.80. The lowest BCUT2D eigenvalue weighted by atomic mass is 9.96. The Labute approximate surface area is 120 Å². The van der Waals surface area contributed by atoms with E-state index in [1.807, 2.05) is 6.07 Å². The molecule has 0 bridgehead atoms. The van der Waals surface area contributed by atoms with Gasteiger partial charge in [-0.1, -0.05) is 13.0 Å². The fraction of sp³-hybridized carbons (Fsp3) is 0.375. The maximum atomic E-state index is 5.38. The average Bonchev–Trinajstić information content (AvgIpc) is 2.48. The van der Waals surface area contributed by atoms with E-state index in [9.17, 15) is 0 Å².